The lowest BCUT2D eigenvalue weighted by molar-refractivity contribution is -0.0200. The predicted molar refractivity (Wildman–Crippen MR) is 101 cm³/mol. The lowest BCUT2D eigenvalue weighted by Gasteiger charge is -2.36. The minimum atomic E-state index is -0.863. The molecular formula is C21H25NO5. The van der Waals surface area contributed by atoms with Gasteiger partial charge in [0.05, 0.1) is 6.54 Å². The number of ether oxygens (including phenoxy) is 1. The molecule has 0 radical (unpaired) electrons. The molecule has 1 aliphatic rings. The van der Waals surface area contributed by atoms with Gasteiger partial charge in [-0.15, -0.1) is 0 Å². The molecule has 3 N–H and O–H groups in total. The van der Waals surface area contributed by atoms with Crippen LogP contribution in [0.1, 0.15) is 42.1 Å². The molecule has 2 aromatic carbocycles. The fourth-order valence-corrected chi connectivity index (χ4v) is 3.26. The minimum Gasteiger partial charge on any atom is -0.507 e. The number of aliphatic hydroxyl groups is 1. The minimum absolute atomic E-state index is 0.0706. The second-order valence-electron chi connectivity index (χ2n) is 7.16. The number of benzene rings is 2. The van der Waals surface area contributed by atoms with Crippen molar-refractivity contribution in [3.63, 3.8) is 0 Å². The first-order valence-electron chi connectivity index (χ1n) is 9.11. The number of nitrogens with zero attached hydrogens (tertiary/aromatic N) is 1. The first kappa shape index (κ1) is 19.0. The fourth-order valence-electron chi connectivity index (χ4n) is 3.26. The summed E-state index contributed by atoms with van der Waals surface area (Å²) in [6, 6.07) is 11.9. The molecule has 1 amide bonds. The number of carbonyl (C=O) groups is 1. The summed E-state index contributed by atoms with van der Waals surface area (Å²) < 4.78 is 5.95. The maximum atomic E-state index is 12.6. The molecule has 0 saturated carbocycles. The van der Waals surface area contributed by atoms with E-state index in [9.17, 15) is 20.1 Å². The van der Waals surface area contributed by atoms with E-state index in [2.05, 4.69) is 13.8 Å². The van der Waals surface area contributed by atoms with E-state index in [1.807, 2.05) is 24.3 Å². The fraction of sp³-hybridized carbons (Fsp3) is 0.381. The summed E-state index contributed by atoms with van der Waals surface area (Å²) >= 11 is 0. The summed E-state index contributed by atoms with van der Waals surface area (Å²) in [5, 5.41) is 30.2. The lowest BCUT2D eigenvalue weighted by atomic mass is 10.0. The van der Waals surface area contributed by atoms with Gasteiger partial charge in [-0.05, 0) is 35.7 Å². The third-order valence-electron chi connectivity index (χ3n) is 4.85. The molecule has 2 aromatic rings. The molecule has 3 rings (SSSR count). The van der Waals surface area contributed by atoms with Crippen LogP contribution in [0.25, 0.3) is 0 Å². The van der Waals surface area contributed by atoms with Crippen molar-refractivity contribution in [1.82, 2.24) is 4.90 Å². The molecular weight excluding hydrogens is 346 g/mol. The smallest absolute Gasteiger partial charge is 0.261 e. The molecule has 0 bridgehead atoms. The van der Waals surface area contributed by atoms with Crippen molar-refractivity contribution in [1.29, 1.82) is 0 Å². The maximum Gasteiger partial charge on any atom is 0.261 e. The highest BCUT2D eigenvalue weighted by atomic mass is 16.5. The third kappa shape index (κ3) is 4.17. The zero-order chi connectivity index (χ0) is 19.6. The molecule has 1 aliphatic heterocycles. The van der Waals surface area contributed by atoms with E-state index in [0.29, 0.717) is 24.6 Å². The van der Waals surface area contributed by atoms with E-state index < -0.39 is 18.1 Å². The second kappa shape index (κ2) is 7.88. The van der Waals surface area contributed by atoms with Crippen LogP contribution in [-0.4, -0.2) is 51.4 Å². The molecule has 0 spiro atoms. The molecule has 2 atom stereocenters. The van der Waals surface area contributed by atoms with Crippen LogP contribution in [0.5, 0.6) is 17.2 Å². The molecule has 27 heavy (non-hydrogen) atoms. The number of carbonyl (C=O) groups excluding carboxylic acids is 1. The maximum absolute atomic E-state index is 12.6. The lowest BCUT2D eigenvalue weighted by Crippen LogP contribution is -2.51. The van der Waals surface area contributed by atoms with Crippen molar-refractivity contribution in [2.24, 2.45) is 0 Å². The van der Waals surface area contributed by atoms with E-state index in [1.165, 1.54) is 23.1 Å². The molecule has 0 aliphatic carbocycles. The number of β-amino-alcohol motifs (C(OH)–C–C–N with tert-alkyl or cyclic N) is 1. The molecule has 0 aromatic heterocycles. The van der Waals surface area contributed by atoms with Gasteiger partial charge in [0.2, 0.25) is 0 Å². The number of aliphatic hydroxyl groups excluding tert-OH is 1. The van der Waals surface area contributed by atoms with E-state index >= 15 is 0 Å². The Morgan fingerprint density at radius 1 is 1.15 bits per heavy atom. The Morgan fingerprint density at radius 2 is 1.81 bits per heavy atom. The standard InChI is InChI=1S/C21H25NO5/c1-13(2)14-5-3-6-15(11-14)27-19-9-10-22(12-18(19)25)21(26)20-16(23)7-4-8-17(20)24/h3-8,11,13,18-19,23-25H,9-10,12H2,1-2H3/t18-,19-/m1/s1. The van der Waals surface area contributed by atoms with Crippen LogP contribution >= 0.6 is 0 Å². The summed E-state index contributed by atoms with van der Waals surface area (Å²) in [6.07, 6.45) is -0.833. The van der Waals surface area contributed by atoms with Crippen molar-refractivity contribution in [2.45, 2.75) is 38.4 Å². The van der Waals surface area contributed by atoms with Crippen LogP contribution in [0.4, 0.5) is 0 Å². The Labute approximate surface area is 158 Å². The molecule has 1 heterocycles. The van der Waals surface area contributed by atoms with Crippen LogP contribution in [0, 0.1) is 0 Å². The molecule has 144 valence electrons. The van der Waals surface area contributed by atoms with Crippen LogP contribution in [-0.2, 0) is 0 Å². The van der Waals surface area contributed by atoms with Crippen LogP contribution < -0.4 is 4.74 Å². The van der Waals surface area contributed by atoms with Gasteiger partial charge in [0.15, 0.2) is 0 Å². The number of amides is 1. The van der Waals surface area contributed by atoms with Crippen molar-refractivity contribution in [2.75, 3.05) is 13.1 Å². The van der Waals surface area contributed by atoms with Gasteiger partial charge >= 0.3 is 0 Å². The molecule has 6 nitrogen and oxygen atoms in total. The summed E-state index contributed by atoms with van der Waals surface area (Å²) in [4.78, 5) is 14.0. The predicted octanol–water partition coefficient (Wildman–Crippen LogP) is 2.88. The number of phenols is 2. The summed E-state index contributed by atoms with van der Waals surface area (Å²) in [7, 11) is 0. The number of hydrogen-bond acceptors (Lipinski definition) is 5. The Kier molecular flexibility index (Phi) is 5.56. The quantitative estimate of drug-likeness (QED) is 0.769. The van der Waals surface area contributed by atoms with Crippen LogP contribution in [0.2, 0.25) is 0 Å². The van der Waals surface area contributed by atoms with Gasteiger partial charge in [-0.3, -0.25) is 4.79 Å². The van der Waals surface area contributed by atoms with Gasteiger partial charge < -0.3 is 25.0 Å². The van der Waals surface area contributed by atoms with Gasteiger partial charge in [-0.1, -0.05) is 32.0 Å². The van der Waals surface area contributed by atoms with Crippen LogP contribution in [0.15, 0.2) is 42.5 Å². The first-order valence-corrected chi connectivity index (χ1v) is 9.11. The van der Waals surface area contributed by atoms with Gasteiger partial charge in [0.1, 0.15) is 35.0 Å². The van der Waals surface area contributed by atoms with E-state index in [-0.39, 0.29) is 23.6 Å². The topological polar surface area (TPSA) is 90.2 Å². The summed E-state index contributed by atoms with van der Waals surface area (Å²) in [5.41, 5.74) is 1.01. The Hall–Kier alpha value is -2.73. The SMILES string of the molecule is CC(C)c1cccc(O[C@@H]2CCN(C(=O)c3c(O)cccc3O)C[C@H]2O)c1. The van der Waals surface area contributed by atoms with Crippen molar-refractivity contribution in [3.05, 3.63) is 53.6 Å². The van der Waals surface area contributed by atoms with Gasteiger partial charge in [-0.25, -0.2) is 0 Å². The Balaban J connectivity index is 1.67. The Bertz CT molecular complexity index is 800. The normalized spacial score (nSPS) is 19.9. The number of aromatic hydroxyl groups is 2. The number of piperidine rings is 1. The average molecular weight is 371 g/mol. The van der Waals surface area contributed by atoms with Crippen molar-refractivity contribution >= 4 is 5.91 Å². The van der Waals surface area contributed by atoms with Gasteiger partial charge in [0.25, 0.3) is 5.91 Å². The molecule has 0 unspecified atom stereocenters. The highest BCUT2D eigenvalue weighted by Gasteiger charge is 2.33. The van der Waals surface area contributed by atoms with E-state index in [4.69, 9.17) is 4.74 Å². The molecule has 6 heteroatoms. The van der Waals surface area contributed by atoms with Crippen molar-refractivity contribution in [3.8, 4) is 17.2 Å². The van der Waals surface area contributed by atoms with Gasteiger partial charge in [-0.2, -0.15) is 0 Å². The summed E-state index contributed by atoms with van der Waals surface area (Å²) in [5.74, 6) is 0.00850. The largest absolute Gasteiger partial charge is 0.507 e. The van der Waals surface area contributed by atoms with Crippen molar-refractivity contribution < 1.29 is 24.9 Å². The van der Waals surface area contributed by atoms with E-state index in [1.54, 1.807) is 0 Å². The number of rotatable bonds is 4. The number of likely N-dealkylation sites (tertiary alicyclic amines) is 1. The number of phenolic OH excluding ortho intramolecular Hbond substituents is 2. The highest BCUT2D eigenvalue weighted by Crippen LogP contribution is 2.29. The first-order chi connectivity index (χ1) is 12.9. The molecule has 1 fully saturated rings. The highest BCUT2D eigenvalue weighted by molar-refractivity contribution is 5.99. The Morgan fingerprint density at radius 3 is 2.44 bits per heavy atom. The number of hydrogen-bond donors (Lipinski definition) is 3. The zero-order valence-electron chi connectivity index (χ0n) is 15.5. The summed E-state index contributed by atoms with van der Waals surface area (Å²) in [6.45, 7) is 4.64. The van der Waals surface area contributed by atoms with E-state index in [0.717, 1.165) is 5.56 Å². The third-order valence-corrected chi connectivity index (χ3v) is 4.85. The zero-order valence-corrected chi connectivity index (χ0v) is 15.5. The monoisotopic (exact) mass is 371 g/mol. The van der Waals surface area contributed by atoms with Gasteiger partial charge in [0, 0.05) is 13.0 Å². The average Bonchev–Trinajstić information content (AvgIpc) is 2.63. The molecule has 1 saturated heterocycles. The second-order valence-corrected chi connectivity index (χ2v) is 7.16. The van der Waals surface area contributed by atoms with Crippen LogP contribution in [0.3, 0.4) is 0 Å².